The lowest BCUT2D eigenvalue weighted by Crippen LogP contribution is -2.45. The summed E-state index contributed by atoms with van der Waals surface area (Å²) in [5, 5.41) is 15.4. The number of rotatable bonds is 8. The highest BCUT2D eigenvalue weighted by Gasteiger charge is 2.36. The summed E-state index contributed by atoms with van der Waals surface area (Å²) in [5.41, 5.74) is -0.109. The van der Waals surface area contributed by atoms with Crippen LogP contribution in [0.3, 0.4) is 0 Å². The third-order valence-electron chi connectivity index (χ3n) is 8.53. The van der Waals surface area contributed by atoms with Crippen molar-refractivity contribution in [3.63, 3.8) is 0 Å². The molecule has 11 nitrogen and oxygen atoms in total. The summed E-state index contributed by atoms with van der Waals surface area (Å²) >= 11 is 1.25. The molecule has 1 aliphatic heterocycles. The van der Waals surface area contributed by atoms with E-state index in [2.05, 4.69) is 5.10 Å². The smallest absolute Gasteiger partial charge is 0.332 e. The van der Waals surface area contributed by atoms with Crippen LogP contribution in [0.1, 0.15) is 55.4 Å². The topological polar surface area (TPSA) is 121 Å². The molecule has 1 saturated heterocycles. The highest BCUT2D eigenvalue weighted by Crippen LogP contribution is 2.36. The van der Waals surface area contributed by atoms with Gasteiger partial charge in [-0.05, 0) is 63.3 Å². The maximum absolute atomic E-state index is 14.7. The Morgan fingerprint density at radius 2 is 1.93 bits per heavy atom. The summed E-state index contributed by atoms with van der Waals surface area (Å²) in [6.45, 7) is 2.16. The number of likely N-dealkylation sites (tertiary alicyclic amines) is 1. The van der Waals surface area contributed by atoms with Gasteiger partial charge in [0.05, 0.1) is 31.2 Å². The number of hydrogen-bond donors (Lipinski definition) is 1. The molecule has 43 heavy (non-hydrogen) atoms. The molecule has 13 heteroatoms. The number of methoxy groups -OCH3 is 1. The Kier molecular flexibility index (Phi) is 7.96. The van der Waals surface area contributed by atoms with E-state index in [1.165, 1.54) is 46.1 Å². The van der Waals surface area contributed by atoms with Crippen LogP contribution in [0, 0.1) is 12.7 Å². The van der Waals surface area contributed by atoms with Gasteiger partial charge in [0.1, 0.15) is 33.5 Å². The van der Waals surface area contributed by atoms with Crippen molar-refractivity contribution in [2.24, 2.45) is 0 Å². The zero-order chi connectivity index (χ0) is 30.4. The summed E-state index contributed by atoms with van der Waals surface area (Å²) in [6.07, 6.45) is 4.58. The number of ether oxygens (including phenoxy) is 2. The first kappa shape index (κ1) is 29.3. The Labute approximate surface area is 250 Å². The number of carbonyl (C=O) groups is 1. The molecule has 228 valence electrons. The summed E-state index contributed by atoms with van der Waals surface area (Å²) in [7, 11) is 3.13. The number of amides is 1. The number of nitrogens with zero attached hydrogens (tertiary/aromatic N) is 5. The quantitative estimate of drug-likeness (QED) is 0.325. The van der Waals surface area contributed by atoms with E-state index in [-0.39, 0.29) is 18.6 Å². The van der Waals surface area contributed by atoms with Crippen LogP contribution in [0.4, 0.5) is 4.39 Å². The Bertz CT molecular complexity index is 1770. The molecule has 1 N–H and O–H groups in total. The Hall–Kier alpha value is -3.81. The van der Waals surface area contributed by atoms with Crippen LogP contribution in [0.5, 0.6) is 5.75 Å². The Balaban J connectivity index is 1.55. The third-order valence-corrected chi connectivity index (χ3v) is 9.83. The summed E-state index contributed by atoms with van der Waals surface area (Å²) < 4.78 is 31.0. The molecule has 1 aliphatic carbocycles. The van der Waals surface area contributed by atoms with Gasteiger partial charge in [-0.25, -0.2) is 18.4 Å². The monoisotopic (exact) mass is 611 g/mol. The van der Waals surface area contributed by atoms with Gasteiger partial charge < -0.3 is 19.5 Å². The molecule has 1 aromatic carbocycles. The average Bonchev–Trinajstić information content (AvgIpc) is 3.72. The highest BCUT2D eigenvalue weighted by molar-refractivity contribution is 7.21. The number of hydrogen-bond acceptors (Lipinski definition) is 8. The fourth-order valence-electron chi connectivity index (χ4n) is 6.19. The van der Waals surface area contributed by atoms with Crippen molar-refractivity contribution in [2.75, 3.05) is 20.7 Å². The molecule has 0 spiro atoms. The summed E-state index contributed by atoms with van der Waals surface area (Å²) in [6, 6.07) is 4.98. The number of carbonyl (C=O) groups excluding carboxylic acids is 1. The van der Waals surface area contributed by atoms with E-state index < -0.39 is 35.3 Å². The van der Waals surface area contributed by atoms with Gasteiger partial charge in [0.2, 0.25) is 5.91 Å². The zero-order valence-corrected chi connectivity index (χ0v) is 25.1. The first-order valence-corrected chi connectivity index (χ1v) is 15.2. The van der Waals surface area contributed by atoms with E-state index in [1.54, 1.807) is 37.1 Å². The van der Waals surface area contributed by atoms with Gasteiger partial charge in [0, 0.05) is 37.1 Å². The van der Waals surface area contributed by atoms with Gasteiger partial charge in [0.25, 0.3) is 5.56 Å². The number of thiophene rings is 1. The summed E-state index contributed by atoms with van der Waals surface area (Å²) in [5.74, 6) is -0.392. The van der Waals surface area contributed by atoms with Crippen LogP contribution in [-0.4, -0.2) is 67.7 Å². The Morgan fingerprint density at radius 1 is 1.16 bits per heavy atom. The molecule has 4 aromatic rings. The lowest BCUT2D eigenvalue weighted by Gasteiger charge is -2.31. The van der Waals surface area contributed by atoms with Gasteiger partial charge in [-0.2, -0.15) is 5.10 Å². The zero-order valence-electron chi connectivity index (χ0n) is 24.2. The lowest BCUT2D eigenvalue weighted by atomic mass is 9.94. The molecule has 1 amide bonds. The first-order valence-electron chi connectivity index (χ1n) is 14.4. The van der Waals surface area contributed by atoms with E-state index in [4.69, 9.17) is 9.47 Å². The van der Waals surface area contributed by atoms with E-state index in [1.807, 2.05) is 0 Å². The number of aromatic nitrogens is 4. The fraction of sp³-hybridized carbons (Fsp3) is 0.467. The minimum atomic E-state index is -0.934. The van der Waals surface area contributed by atoms with Crippen LogP contribution in [0.2, 0.25) is 0 Å². The molecule has 6 rings (SSSR count). The van der Waals surface area contributed by atoms with Crippen molar-refractivity contribution in [1.29, 1.82) is 0 Å². The third kappa shape index (κ3) is 5.30. The van der Waals surface area contributed by atoms with Gasteiger partial charge >= 0.3 is 5.69 Å². The molecular formula is C30H34FN5O6S. The standard InChI is InChI=1S/C30H34FN5O6S/c1-17-25-27(39)36(22-11-14-33(2)26(22)38)30(40)34(29(25)43-28(17)35-13-4-12-32-35)16-24(42-20-8-6-19(37)7-9-20)21-15-18(31)5-10-23(21)41-3/h4-5,10,12-13,15,19-20,22,24,37H,6-9,11,14,16H2,1-3H3/t19-,20-,22-,24-/m0/s1. The van der Waals surface area contributed by atoms with Crippen molar-refractivity contribution >= 4 is 27.5 Å². The SMILES string of the molecule is COc1ccc(F)cc1[C@H](Cn1c(=O)n([C@H]2CCN(C)C2=O)c(=O)c2c(C)c(-n3cccn3)sc21)O[C@H]1CC[C@H](O)CC1. The van der Waals surface area contributed by atoms with Gasteiger partial charge in [-0.15, -0.1) is 0 Å². The number of likely N-dealkylation sites (N-methyl/N-ethyl adjacent to an activating group) is 1. The minimum absolute atomic E-state index is 0.0657. The second kappa shape index (κ2) is 11.7. The van der Waals surface area contributed by atoms with E-state index >= 15 is 0 Å². The molecule has 2 fully saturated rings. The fourth-order valence-corrected chi connectivity index (χ4v) is 7.44. The van der Waals surface area contributed by atoms with Crippen LogP contribution in [0.25, 0.3) is 15.2 Å². The Morgan fingerprint density at radius 3 is 2.58 bits per heavy atom. The maximum Gasteiger partial charge on any atom is 0.332 e. The predicted octanol–water partition coefficient (Wildman–Crippen LogP) is 3.33. The maximum atomic E-state index is 14.7. The minimum Gasteiger partial charge on any atom is -0.496 e. The van der Waals surface area contributed by atoms with Gasteiger partial charge in [-0.3, -0.25) is 14.2 Å². The van der Waals surface area contributed by atoms with E-state index in [0.717, 1.165) is 4.57 Å². The molecule has 0 bridgehead atoms. The molecular weight excluding hydrogens is 577 g/mol. The lowest BCUT2D eigenvalue weighted by molar-refractivity contribution is -0.129. The summed E-state index contributed by atoms with van der Waals surface area (Å²) in [4.78, 5) is 43.4. The van der Waals surface area contributed by atoms with Crippen molar-refractivity contribution in [2.45, 2.75) is 69.9 Å². The van der Waals surface area contributed by atoms with Crippen LogP contribution in [-0.2, 0) is 16.1 Å². The van der Waals surface area contributed by atoms with Crippen LogP contribution in [0.15, 0.2) is 46.2 Å². The van der Waals surface area contributed by atoms with E-state index in [9.17, 15) is 23.9 Å². The highest BCUT2D eigenvalue weighted by atomic mass is 32.1. The average molecular weight is 612 g/mol. The molecule has 2 atom stereocenters. The van der Waals surface area contributed by atoms with Crippen molar-refractivity contribution in [3.05, 3.63) is 74.4 Å². The molecule has 0 unspecified atom stereocenters. The van der Waals surface area contributed by atoms with Crippen LogP contribution < -0.4 is 16.0 Å². The van der Waals surface area contributed by atoms with Gasteiger partial charge in [0.15, 0.2) is 0 Å². The number of halogens is 1. The van der Waals surface area contributed by atoms with E-state index in [0.29, 0.717) is 70.7 Å². The second-order valence-corrected chi connectivity index (χ2v) is 12.2. The molecule has 4 heterocycles. The molecule has 3 aromatic heterocycles. The number of fused-ring (bicyclic) bond motifs is 1. The number of benzene rings is 1. The second-order valence-electron chi connectivity index (χ2n) is 11.2. The molecule has 2 aliphatic rings. The number of aliphatic hydroxyl groups is 1. The van der Waals surface area contributed by atoms with Crippen molar-refractivity contribution in [1.82, 2.24) is 23.8 Å². The number of aryl methyl sites for hydroxylation is 1. The molecule has 1 saturated carbocycles. The van der Waals surface area contributed by atoms with Crippen molar-refractivity contribution < 1.29 is 23.8 Å². The first-order chi connectivity index (χ1) is 20.7. The number of aliphatic hydroxyl groups excluding tert-OH is 1. The van der Waals surface area contributed by atoms with Crippen LogP contribution >= 0.6 is 11.3 Å². The molecule has 0 radical (unpaired) electrons. The van der Waals surface area contributed by atoms with Crippen molar-refractivity contribution in [3.8, 4) is 10.8 Å². The predicted molar refractivity (Wildman–Crippen MR) is 159 cm³/mol. The largest absolute Gasteiger partial charge is 0.496 e. The van der Waals surface area contributed by atoms with Gasteiger partial charge in [-0.1, -0.05) is 11.3 Å². The normalized spacial score (nSPS) is 21.6.